The molecule has 2 N–H and O–H groups in total. The molecule has 3 heterocycles. The lowest BCUT2D eigenvalue weighted by atomic mass is 9.89. The molecule has 128 valence electrons. The van der Waals surface area contributed by atoms with E-state index in [0.29, 0.717) is 11.8 Å². The van der Waals surface area contributed by atoms with E-state index in [0.717, 1.165) is 45.0 Å². The summed E-state index contributed by atoms with van der Waals surface area (Å²) in [7, 11) is 0. The highest BCUT2D eigenvalue weighted by molar-refractivity contribution is 5.35. The number of rotatable bonds is 5. The Hall–Kier alpha value is -1.85. The molecule has 0 spiro atoms. The van der Waals surface area contributed by atoms with Gasteiger partial charge in [0.1, 0.15) is 5.82 Å². The van der Waals surface area contributed by atoms with Crippen LogP contribution in [-0.2, 0) is 11.3 Å². The summed E-state index contributed by atoms with van der Waals surface area (Å²) in [6.07, 6.45) is 4.49. The van der Waals surface area contributed by atoms with Crippen LogP contribution in [0.15, 0.2) is 42.6 Å². The SMILES string of the molecule is c1ccc([C@@H]2OCCC[C@@H]2CNC[C@@H]2CNc3ccnn3C2)cc1. The van der Waals surface area contributed by atoms with Crippen molar-refractivity contribution >= 4 is 5.82 Å². The molecular weight excluding hydrogens is 300 g/mol. The standard InChI is InChI=1S/C19H26N4O/c1-2-5-16(6-3-1)19-17(7-4-10-24-19)13-20-11-15-12-21-18-8-9-22-23(18)14-15/h1-3,5-6,8-9,15,17,19-21H,4,7,10-14H2/t15-,17-,19+/m1/s1. The molecule has 5 nitrogen and oxygen atoms in total. The van der Waals surface area contributed by atoms with Crippen LogP contribution in [0.2, 0.25) is 0 Å². The summed E-state index contributed by atoms with van der Waals surface area (Å²) < 4.78 is 8.15. The number of hydrogen-bond donors (Lipinski definition) is 2. The summed E-state index contributed by atoms with van der Waals surface area (Å²) in [6.45, 7) is 4.92. The Morgan fingerprint density at radius 1 is 1.21 bits per heavy atom. The molecule has 5 heteroatoms. The summed E-state index contributed by atoms with van der Waals surface area (Å²) in [6, 6.07) is 12.7. The second kappa shape index (κ2) is 7.36. The highest BCUT2D eigenvalue weighted by atomic mass is 16.5. The second-order valence-corrected chi connectivity index (χ2v) is 6.91. The van der Waals surface area contributed by atoms with Gasteiger partial charge < -0.3 is 15.4 Å². The van der Waals surface area contributed by atoms with Gasteiger partial charge in [-0.05, 0) is 18.4 Å². The van der Waals surface area contributed by atoms with E-state index in [4.69, 9.17) is 4.74 Å². The maximum atomic E-state index is 6.09. The number of aromatic nitrogens is 2. The topological polar surface area (TPSA) is 51.1 Å². The molecular formula is C19H26N4O. The van der Waals surface area contributed by atoms with Crippen molar-refractivity contribution in [1.29, 1.82) is 0 Å². The fourth-order valence-corrected chi connectivity index (χ4v) is 3.86. The molecule has 3 atom stereocenters. The highest BCUT2D eigenvalue weighted by Gasteiger charge is 2.27. The summed E-state index contributed by atoms with van der Waals surface area (Å²) in [5.74, 6) is 2.27. The zero-order chi connectivity index (χ0) is 16.2. The van der Waals surface area contributed by atoms with Gasteiger partial charge in [-0.2, -0.15) is 5.10 Å². The smallest absolute Gasteiger partial charge is 0.124 e. The van der Waals surface area contributed by atoms with E-state index in [1.165, 1.54) is 12.0 Å². The van der Waals surface area contributed by atoms with Crippen LogP contribution in [0.3, 0.4) is 0 Å². The Kier molecular flexibility index (Phi) is 4.81. The van der Waals surface area contributed by atoms with Crippen LogP contribution in [0.4, 0.5) is 5.82 Å². The Morgan fingerprint density at radius 2 is 2.12 bits per heavy atom. The molecule has 0 saturated carbocycles. The summed E-state index contributed by atoms with van der Waals surface area (Å²) in [5, 5.41) is 11.5. The number of nitrogens with one attached hydrogen (secondary N) is 2. The molecule has 0 amide bonds. The predicted octanol–water partition coefficient (Wildman–Crippen LogP) is 2.68. The van der Waals surface area contributed by atoms with E-state index < -0.39 is 0 Å². The van der Waals surface area contributed by atoms with Crippen molar-refractivity contribution in [1.82, 2.24) is 15.1 Å². The minimum atomic E-state index is 0.231. The van der Waals surface area contributed by atoms with Gasteiger partial charge in [0, 0.05) is 50.7 Å². The first-order valence-electron chi connectivity index (χ1n) is 9.03. The first kappa shape index (κ1) is 15.7. The molecule has 4 rings (SSSR count). The van der Waals surface area contributed by atoms with Gasteiger partial charge >= 0.3 is 0 Å². The molecule has 2 aliphatic rings. The number of ether oxygens (including phenoxy) is 1. The van der Waals surface area contributed by atoms with Crippen molar-refractivity contribution in [3.05, 3.63) is 48.2 Å². The number of benzene rings is 1. The van der Waals surface area contributed by atoms with Crippen molar-refractivity contribution in [2.24, 2.45) is 11.8 Å². The monoisotopic (exact) mass is 326 g/mol. The van der Waals surface area contributed by atoms with E-state index in [1.807, 2.05) is 12.3 Å². The van der Waals surface area contributed by atoms with Crippen LogP contribution >= 0.6 is 0 Å². The summed E-state index contributed by atoms with van der Waals surface area (Å²) in [4.78, 5) is 0. The molecule has 2 aromatic rings. The van der Waals surface area contributed by atoms with E-state index in [-0.39, 0.29) is 6.10 Å². The lowest BCUT2D eigenvalue weighted by Crippen LogP contribution is -2.38. The quantitative estimate of drug-likeness (QED) is 0.887. The van der Waals surface area contributed by atoms with Gasteiger partial charge in [0.15, 0.2) is 0 Å². The zero-order valence-corrected chi connectivity index (χ0v) is 14.0. The Balaban J connectivity index is 1.30. The normalized spacial score (nSPS) is 26.6. The van der Waals surface area contributed by atoms with Crippen LogP contribution in [0, 0.1) is 11.8 Å². The van der Waals surface area contributed by atoms with Crippen molar-refractivity contribution in [2.75, 3.05) is 31.6 Å². The van der Waals surface area contributed by atoms with Crippen LogP contribution in [0.25, 0.3) is 0 Å². The van der Waals surface area contributed by atoms with Crippen molar-refractivity contribution in [3.63, 3.8) is 0 Å². The molecule has 2 aliphatic heterocycles. The Bertz CT molecular complexity index is 642. The van der Waals surface area contributed by atoms with Gasteiger partial charge in [-0.1, -0.05) is 30.3 Å². The maximum Gasteiger partial charge on any atom is 0.124 e. The Labute approximate surface area is 143 Å². The third-order valence-electron chi connectivity index (χ3n) is 5.13. The van der Waals surface area contributed by atoms with Crippen LogP contribution in [0.1, 0.15) is 24.5 Å². The fourth-order valence-electron chi connectivity index (χ4n) is 3.86. The van der Waals surface area contributed by atoms with Gasteiger partial charge in [0.25, 0.3) is 0 Å². The van der Waals surface area contributed by atoms with Gasteiger partial charge in [-0.25, -0.2) is 4.68 Å². The molecule has 1 aromatic heterocycles. The summed E-state index contributed by atoms with van der Waals surface area (Å²) in [5.41, 5.74) is 1.31. The highest BCUT2D eigenvalue weighted by Crippen LogP contribution is 2.33. The first-order valence-corrected chi connectivity index (χ1v) is 9.03. The molecule has 24 heavy (non-hydrogen) atoms. The molecule has 0 radical (unpaired) electrons. The minimum absolute atomic E-state index is 0.231. The third kappa shape index (κ3) is 3.47. The lowest BCUT2D eigenvalue weighted by Gasteiger charge is -2.33. The van der Waals surface area contributed by atoms with Gasteiger partial charge in [0.2, 0.25) is 0 Å². The predicted molar refractivity (Wildman–Crippen MR) is 94.9 cm³/mol. The van der Waals surface area contributed by atoms with Crippen molar-refractivity contribution in [2.45, 2.75) is 25.5 Å². The van der Waals surface area contributed by atoms with Crippen LogP contribution < -0.4 is 10.6 Å². The fraction of sp³-hybridized carbons (Fsp3) is 0.526. The molecule has 0 bridgehead atoms. The summed E-state index contributed by atoms with van der Waals surface area (Å²) >= 11 is 0. The largest absolute Gasteiger partial charge is 0.373 e. The number of fused-ring (bicyclic) bond motifs is 1. The van der Waals surface area contributed by atoms with E-state index in [2.05, 4.69) is 50.7 Å². The lowest BCUT2D eigenvalue weighted by molar-refractivity contribution is -0.0279. The number of hydrogen-bond acceptors (Lipinski definition) is 4. The van der Waals surface area contributed by atoms with Gasteiger partial charge in [-0.15, -0.1) is 0 Å². The van der Waals surface area contributed by atoms with Gasteiger partial charge in [-0.3, -0.25) is 0 Å². The molecule has 0 unspecified atom stereocenters. The van der Waals surface area contributed by atoms with Crippen LogP contribution in [-0.4, -0.2) is 36.0 Å². The van der Waals surface area contributed by atoms with E-state index >= 15 is 0 Å². The second-order valence-electron chi connectivity index (χ2n) is 6.91. The maximum absolute atomic E-state index is 6.09. The average molecular weight is 326 g/mol. The third-order valence-corrected chi connectivity index (χ3v) is 5.13. The molecule has 1 saturated heterocycles. The van der Waals surface area contributed by atoms with Gasteiger partial charge in [0.05, 0.1) is 12.3 Å². The Morgan fingerprint density at radius 3 is 3.04 bits per heavy atom. The van der Waals surface area contributed by atoms with Crippen LogP contribution in [0.5, 0.6) is 0 Å². The average Bonchev–Trinajstić information content (AvgIpc) is 3.11. The van der Waals surface area contributed by atoms with E-state index in [1.54, 1.807) is 0 Å². The van der Waals surface area contributed by atoms with E-state index in [9.17, 15) is 0 Å². The number of anilines is 1. The minimum Gasteiger partial charge on any atom is -0.373 e. The first-order chi connectivity index (χ1) is 11.9. The molecule has 0 aliphatic carbocycles. The number of nitrogens with zero attached hydrogens (tertiary/aromatic N) is 2. The van der Waals surface area contributed by atoms with Crippen molar-refractivity contribution < 1.29 is 4.74 Å². The van der Waals surface area contributed by atoms with Crippen molar-refractivity contribution in [3.8, 4) is 0 Å². The zero-order valence-electron chi connectivity index (χ0n) is 14.0. The molecule has 1 fully saturated rings. The molecule has 1 aromatic carbocycles.